The Kier molecular flexibility index (Phi) is 6.40. The molecule has 1 fully saturated rings. The molecule has 2 rings (SSSR count). The standard InChI is InChI=1S/C17H25N3O2/c1-13(21)20-16-4-2-3-15(11-16)12-19-17(22)6-5-14-7-9-18-10-8-14/h2-4,11,14,18H,5-10,12H2,1H3,(H,19,22)(H,20,21). The Morgan fingerprint density at radius 3 is 2.77 bits per heavy atom. The third-order valence-corrected chi connectivity index (χ3v) is 3.98. The zero-order valence-electron chi connectivity index (χ0n) is 13.2. The fourth-order valence-corrected chi connectivity index (χ4v) is 2.76. The predicted octanol–water partition coefficient (Wildman–Crippen LogP) is 2.04. The van der Waals surface area contributed by atoms with Crippen LogP contribution in [0, 0.1) is 5.92 Å². The van der Waals surface area contributed by atoms with Gasteiger partial charge in [-0.15, -0.1) is 0 Å². The highest BCUT2D eigenvalue weighted by atomic mass is 16.2. The van der Waals surface area contributed by atoms with Crippen molar-refractivity contribution in [3.8, 4) is 0 Å². The van der Waals surface area contributed by atoms with Gasteiger partial charge in [-0.3, -0.25) is 9.59 Å². The highest BCUT2D eigenvalue weighted by Gasteiger charge is 2.14. The maximum absolute atomic E-state index is 11.9. The lowest BCUT2D eigenvalue weighted by molar-refractivity contribution is -0.121. The van der Waals surface area contributed by atoms with E-state index in [0.29, 0.717) is 18.9 Å². The van der Waals surface area contributed by atoms with Gasteiger partial charge in [0.2, 0.25) is 11.8 Å². The average Bonchev–Trinajstić information content (AvgIpc) is 2.52. The Balaban J connectivity index is 1.72. The topological polar surface area (TPSA) is 70.2 Å². The minimum Gasteiger partial charge on any atom is -0.352 e. The quantitative estimate of drug-likeness (QED) is 0.753. The summed E-state index contributed by atoms with van der Waals surface area (Å²) in [6.07, 6.45) is 3.91. The van der Waals surface area contributed by atoms with Crippen LogP contribution in [0.15, 0.2) is 24.3 Å². The second-order valence-electron chi connectivity index (χ2n) is 5.89. The van der Waals surface area contributed by atoms with Crippen molar-refractivity contribution in [1.29, 1.82) is 0 Å². The molecule has 5 heteroatoms. The maximum atomic E-state index is 11.9. The highest BCUT2D eigenvalue weighted by molar-refractivity contribution is 5.88. The van der Waals surface area contributed by atoms with E-state index in [1.54, 1.807) is 0 Å². The van der Waals surface area contributed by atoms with E-state index in [0.717, 1.165) is 30.8 Å². The average molecular weight is 303 g/mol. The van der Waals surface area contributed by atoms with Crippen LogP contribution in [-0.4, -0.2) is 24.9 Å². The predicted molar refractivity (Wildman–Crippen MR) is 87.4 cm³/mol. The van der Waals surface area contributed by atoms with Gasteiger partial charge in [-0.2, -0.15) is 0 Å². The Morgan fingerprint density at radius 1 is 1.27 bits per heavy atom. The summed E-state index contributed by atoms with van der Waals surface area (Å²) in [5.41, 5.74) is 1.75. The first-order chi connectivity index (χ1) is 10.6. The summed E-state index contributed by atoms with van der Waals surface area (Å²) in [5, 5.41) is 9.03. The third kappa shape index (κ3) is 5.85. The number of benzene rings is 1. The maximum Gasteiger partial charge on any atom is 0.221 e. The summed E-state index contributed by atoms with van der Waals surface area (Å²) in [6, 6.07) is 7.54. The largest absolute Gasteiger partial charge is 0.352 e. The second kappa shape index (κ2) is 8.54. The Bertz CT molecular complexity index is 510. The van der Waals surface area contributed by atoms with Gasteiger partial charge in [0.05, 0.1) is 0 Å². The Labute approximate surface area is 131 Å². The van der Waals surface area contributed by atoms with E-state index in [1.807, 2.05) is 24.3 Å². The van der Waals surface area contributed by atoms with Crippen molar-refractivity contribution in [2.45, 2.75) is 39.2 Å². The first-order valence-corrected chi connectivity index (χ1v) is 7.97. The first kappa shape index (κ1) is 16.5. The lowest BCUT2D eigenvalue weighted by atomic mass is 9.93. The molecule has 1 aromatic rings. The normalized spacial score (nSPS) is 15.3. The molecule has 0 saturated carbocycles. The molecule has 0 aromatic heterocycles. The van der Waals surface area contributed by atoms with Crippen molar-refractivity contribution in [3.63, 3.8) is 0 Å². The highest BCUT2D eigenvalue weighted by Crippen LogP contribution is 2.17. The number of rotatable bonds is 6. The Morgan fingerprint density at radius 2 is 2.05 bits per heavy atom. The van der Waals surface area contributed by atoms with Gasteiger partial charge in [0.15, 0.2) is 0 Å². The molecule has 0 bridgehead atoms. The lowest BCUT2D eigenvalue weighted by Gasteiger charge is -2.22. The molecule has 1 aromatic carbocycles. The molecule has 22 heavy (non-hydrogen) atoms. The molecule has 2 amide bonds. The Hall–Kier alpha value is -1.88. The smallest absolute Gasteiger partial charge is 0.221 e. The van der Waals surface area contributed by atoms with E-state index in [4.69, 9.17) is 0 Å². The van der Waals surface area contributed by atoms with Crippen molar-refractivity contribution in [2.75, 3.05) is 18.4 Å². The van der Waals surface area contributed by atoms with Gasteiger partial charge in [-0.1, -0.05) is 12.1 Å². The van der Waals surface area contributed by atoms with E-state index >= 15 is 0 Å². The fourth-order valence-electron chi connectivity index (χ4n) is 2.76. The van der Waals surface area contributed by atoms with E-state index in [2.05, 4.69) is 16.0 Å². The van der Waals surface area contributed by atoms with Gasteiger partial charge in [-0.25, -0.2) is 0 Å². The molecule has 1 aliphatic rings. The van der Waals surface area contributed by atoms with Crippen LogP contribution in [0.5, 0.6) is 0 Å². The van der Waals surface area contributed by atoms with Gasteiger partial charge in [0.25, 0.3) is 0 Å². The SMILES string of the molecule is CC(=O)Nc1cccc(CNC(=O)CCC2CCNCC2)c1. The molecule has 0 radical (unpaired) electrons. The van der Waals surface area contributed by atoms with E-state index in [-0.39, 0.29) is 11.8 Å². The van der Waals surface area contributed by atoms with Gasteiger partial charge in [-0.05, 0) is 56.0 Å². The van der Waals surface area contributed by atoms with E-state index in [1.165, 1.54) is 19.8 Å². The number of carbonyl (C=O) groups is 2. The van der Waals surface area contributed by atoms with Crippen molar-refractivity contribution in [2.24, 2.45) is 5.92 Å². The summed E-state index contributed by atoms with van der Waals surface area (Å²) in [6.45, 7) is 4.12. The molecule has 3 N–H and O–H groups in total. The number of carbonyl (C=O) groups excluding carboxylic acids is 2. The first-order valence-electron chi connectivity index (χ1n) is 7.97. The van der Waals surface area contributed by atoms with Crippen LogP contribution in [0.3, 0.4) is 0 Å². The summed E-state index contributed by atoms with van der Waals surface area (Å²) in [4.78, 5) is 23.0. The summed E-state index contributed by atoms with van der Waals surface area (Å²) < 4.78 is 0. The minimum atomic E-state index is -0.0943. The molecule has 120 valence electrons. The number of piperidine rings is 1. The third-order valence-electron chi connectivity index (χ3n) is 3.98. The summed E-state index contributed by atoms with van der Waals surface area (Å²) in [5.74, 6) is 0.682. The zero-order chi connectivity index (χ0) is 15.8. The van der Waals surface area contributed by atoms with Crippen molar-refractivity contribution >= 4 is 17.5 Å². The summed E-state index contributed by atoms with van der Waals surface area (Å²) in [7, 11) is 0. The van der Waals surface area contributed by atoms with Crippen molar-refractivity contribution in [1.82, 2.24) is 10.6 Å². The van der Waals surface area contributed by atoms with Gasteiger partial charge < -0.3 is 16.0 Å². The van der Waals surface area contributed by atoms with Gasteiger partial charge in [0.1, 0.15) is 0 Å². The lowest BCUT2D eigenvalue weighted by Crippen LogP contribution is -2.29. The number of nitrogens with one attached hydrogen (secondary N) is 3. The minimum absolute atomic E-state index is 0.0943. The monoisotopic (exact) mass is 303 g/mol. The van der Waals surface area contributed by atoms with Crippen LogP contribution < -0.4 is 16.0 Å². The zero-order valence-corrected chi connectivity index (χ0v) is 13.2. The van der Waals surface area contributed by atoms with Crippen LogP contribution in [0.4, 0.5) is 5.69 Å². The van der Waals surface area contributed by atoms with Gasteiger partial charge >= 0.3 is 0 Å². The molecule has 1 saturated heterocycles. The number of anilines is 1. The van der Waals surface area contributed by atoms with Gasteiger partial charge in [0, 0.05) is 25.6 Å². The molecule has 1 heterocycles. The van der Waals surface area contributed by atoms with Crippen molar-refractivity contribution in [3.05, 3.63) is 29.8 Å². The second-order valence-corrected chi connectivity index (χ2v) is 5.89. The molecular weight excluding hydrogens is 278 g/mol. The van der Waals surface area contributed by atoms with Crippen LogP contribution in [0.2, 0.25) is 0 Å². The van der Waals surface area contributed by atoms with Crippen LogP contribution in [0.1, 0.15) is 38.2 Å². The van der Waals surface area contributed by atoms with Crippen LogP contribution in [-0.2, 0) is 16.1 Å². The molecule has 0 atom stereocenters. The molecular formula is C17H25N3O2. The van der Waals surface area contributed by atoms with Crippen LogP contribution >= 0.6 is 0 Å². The van der Waals surface area contributed by atoms with E-state index < -0.39 is 0 Å². The van der Waals surface area contributed by atoms with E-state index in [9.17, 15) is 9.59 Å². The summed E-state index contributed by atoms with van der Waals surface area (Å²) >= 11 is 0. The molecule has 5 nitrogen and oxygen atoms in total. The fraction of sp³-hybridized carbons (Fsp3) is 0.529. The number of hydrogen-bond acceptors (Lipinski definition) is 3. The van der Waals surface area contributed by atoms with Crippen LogP contribution in [0.25, 0.3) is 0 Å². The molecule has 1 aliphatic heterocycles. The molecule has 0 aliphatic carbocycles. The number of hydrogen-bond donors (Lipinski definition) is 3. The number of amides is 2. The van der Waals surface area contributed by atoms with Crippen molar-refractivity contribution < 1.29 is 9.59 Å². The molecule has 0 unspecified atom stereocenters. The molecule has 0 spiro atoms.